The lowest BCUT2D eigenvalue weighted by molar-refractivity contribution is -0.834. The van der Waals surface area contributed by atoms with Crippen molar-refractivity contribution in [3.63, 3.8) is 0 Å². The summed E-state index contributed by atoms with van der Waals surface area (Å²) in [6.07, 6.45) is 10.4. The molecule has 4 aliphatic heterocycles. The molecule has 2 bridgehead atoms. The van der Waals surface area contributed by atoms with E-state index in [0.717, 1.165) is 59.3 Å². The Morgan fingerprint density at radius 1 is 1.11 bits per heavy atom. The summed E-state index contributed by atoms with van der Waals surface area (Å²) in [5, 5.41) is 6.22. The predicted octanol–water partition coefficient (Wildman–Crippen LogP) is 4.23. The van der Waals surface area contributed by atoms with Gasteiger partial charge in [-0.2, -0.15) is 9.98 Å². The van der Waals surface area contributed by atoms with Crippen molar-refractivity contribution in [3.05, 3.63) is 72.2 Å². The normalized spacial score (nSPS) is 28.2. The van der Waals surface area contributed by atoms with Crippen molar-refractivity contribution in [2.45, 2.75) is 51.7 Å². The molecule has 35 heavy (non-hydrogen) atoms. The van der Waals surface area contributed by atoms with Crippen molar-refractivity contribution in [2.75, 3.05) is 13.1 Å². The van der Waals surface area contributed by atoms with Gasteiger partial charge in [-0.25, -0.2) is 0 Å². The van der Waals surface area contributed by atoms with Crippen LogP contribution >= 0.6 is 0 Å². The number of aliphatic imine (C=N–C) groups is 2. The Kier molecular flexibility index (Phi) is 5.53. The highest BCUT2D eigenvalue weighted by Crippen LogP contribution is 2.39. The standard InChI is InChI=1S/C28H34N7/c1-18(2)12-28-33-26(14-27-30-10-11-35(27,28)34-17-23-13-24(34)16-31-23)22-8-9-25(32-15-22)21-6-4-20(5-7-21)19(3)29/h4-11,14-15,18-19,23-24,31H,12-13,16-17,29H2,1-3H3/q+1/t19?,23-,24-,35+/m0/s1. The number of benzene rings is 1. The fourth-order valence-electron chi connectivity index (χ4n) is 5.76. The molecule has 1 aromatic carbocycles. The summed E-state index contributed by atoms with van der Waals surface area (Å²) in [5.74, 6) is 2.68. The van der Waals surface area contributed by atoms with Crippen molar-refractivity contribution in [1.82, 2.24) is 15.3 Å². The second kappa shape index (κ2) is 8.60. The Labute approximate surface area is 207 Å². The summed E-state index contributed by atoms with van der Waals surface area (Å²) in [5.41, 5.74) is 11.1. The van der Waals surface area contributed by atoms with E-state index in [0.29, 0.717) is 22.6 Å². The lowest BCUT2D eigenvalue weighted by atomic mass is 10.0. The van der Waals surface area contributed by atoms with Crippen LogP contribution in [0.2, 0.25) is 0 Å². The molecule has 7 nitrogen and oxygen atoms in total. The van der Waals surface area contributed by atoms with Crippen molar-refractivity contribution in [2.24, 2.45) is 21.6 Å². The Bertz CT molecular complexity index is 1240. The van der Waals surface area contributed by atoms with Crippen LogP contribution in [0.3, 0.4) is 0 Å². The number of rotatable bonds is 6. The second-order valence-electron chi connectivity index (χ2n) is 10.6. The van der Waals surface area contributed by atoms with Crippen LogP contribution < -0.4 is 11.1 Å². The molecular weight excluding hydrogens is 434 g/mol. The SMILES string of the molecule is CC(C)CC1=NC(c2ccc(-c3ccc(C(C)N)cc3)nc2)=CC2=NC=C[N@@+]21N1C[C@@H]2C[C@H]1CN2. The molecule has 0 amide bonds. The van der Waals surface area contributed by atoms with Crippen LogP contribution in [0.4, 0.5) is 0 Å². The average molecular weight is 469 g/mol. The van der Waals surface area contributed by atoms with Crippen LogP contribution in [0.1, 0.15) is 50.8 Å². The molecule has 4 aliphatic rings. The Morgan fingerprint density at radius 3 is 2.54 bits per heavy atom. The van der Waals surface area contributed by atoms with E-state index < -0.39 is 0 Å². The van der Waals surface area contributed by atoms with Crippen LogP contribution in [-0.4, -0.2) is 51.4 Å². The summed E-state index contributed by atoms with van der Waals surface area (Å²) in [4.78, 5) is 14.9. The first kappa shape index (κ1) is 22.5. The summed E-state index contributed by atoms with van der Waals surface area (Å²) in [7, 11) is 0. The molecule has 2 fully saturated rings. The lowest BCUT2D eigenvalue weighted by Crippen LogP contribution is -2.67. The van der Waals surface area contributed by atoms with E-state index >= 15 is 0 Å². The molecule has 5 heterocycles. The van der Waals surface area contributed by atoms with Crippen molar-refractivity contribution in [1.29, 1.82) is 0 Å². The molecule has 0 spiro atoms. The smallest absolute Gasteiger partial charge is 0.260 e. The van der Waals surface area contributed by atoms with E-state index in [4.69, 9.17) is 20.7 Å². The van der Waals surface area contributed by atoms with E-state index in [2.05, 4.69) is 72.8 Å². The zero-order valence-electron chi connectivity index (χ0n) is 20.7. The Hall–Kier alpha value is -2.97. The zero-order chi connectivity index (χ0) is 24.2. The van der Waals surface area contributed by atoms with Crippen LogP contribution in [0.25, 0.3) is 17.0 Å². The third kappa shape index (κ3) is 3.79. The predicted molar refractivity (Wildman–Crippen MR) is 141 cm³/mol. The zero-order valence-corrected chi connectivity index (χ0v) is 20.7. The Balaban J connectivity index is 1.33. The minimum atomic E-state index is 0.0287. The highest BCUT2D eigenvalue weighted by molar-refractivity contribution is 6.07. The van der Waals surface area contributed by atoms with Gasteiger partial charge in [0.15, 0.2) is 0 Å². The quantitative estimate of drug-likeness (QED) is 0.622. The number of hydrogen-bond donors (Lipinski definition) is 2. The largest absolute Gasteiger partial charge is 0.324 e. The van der Waals surface area contributed by atoms with Gasteiger partial charge in [0.25, 0.3) is 5.84 Å². The monoisotopic (exact) mass is 468 g/mol. The van der Waals surface area contributed by atoms with Gasteiger partial charge in [0.05, 0.1) is 30.2 Å². The Morgan fingerprint density at radius 2 is 1.91 bits per heavy atom. The van der Waals surface area contributed by atoms with E-state index in [9.17, 15) is 0 Å². The van der Waals surface area contributed by atoms with Gasteiger partial charge in [-0.05, 0) is 37.0 Å². The average Bonchev–Trinajstić information content (AvgIpc) is 3.60. The molecule has 3 N–H and O–H groups in total. The maximum Gasteiger partial charge on any atom is 0.260 e. The van der Waals surface area contributed by atoms with Gasteiger partial charge in [-0.1, -0.05) is 38.1 Å². The molecular formula is C28H34N7+. The first-order valence-corrected chi connectivity index (χ1v) is 12.7. The van der Waals surface area contributed by atoms with Gasteiger partial charge in [0, 0.05) is 48.4 Å². The molecule has 0 saturated carbocycles. The third-order valence-electron chi connectivity index (χ3n) is 7.56. The first-order chi connectivity index (χ1) is 16.9. The maximum absolute atomic E-state index is 5.99. The second-order valence-corrected chi connectivity index (χ2v) is 10.6. The van der Waals surface area contributed by atoms with E-state index in [1.165, 1.54) is 6.42 Å². The molecule has 0 radical (unpaired) electrons. The maximum atomic E-state index is 5.99. The highest BCUT2D eigenvalue weighted by atomic mass is 15.8. The number of nitrogens with zero attached hydrogens (tertiary/aromatic N) is 5. The summed E-state index contributed by atoms with van der Waals surface area (Å²) in [6, 6.07) is 13.6. The third-order valence-corrected chi connectivity index (χ3v) is 7.56. The number of nitrogens with two attached hydrogens (primary N) is 1. The van der Waals surface area contributed by atoms with Gasteiger partial charge in [0.2, 0.25) is 5.84 Å². The molecule has 2 aromatic rings. The number of aromatic nitrogens is 1. The molecule has 180 valence electrons. The molecule has 2 saturated heterocycles. The summed E-state index contributed by atoms with van der Waals surface area (Å²) < 4.78 is 0.557. The molecule has 1 unspecified atom stereocenters. The number of amidine groups is 2. The van der Waals surface area contributed by atoms with Crippen molar-refractivity contribution < 1.29 is 4.59 Å². The fourth-order valence-corrected chi connectivity index (χ4v) is 5.76. The number of piperazine rings is 1. The van der Waals surface area contributed by atoms with Gasteiger partial charge in [-0.3, -0.25) is 4.98 Å². The van der Waals surface area contributed by atoms with E-state index in [-0.39, 0.29) is 6.04 Å². The van der Waals surface area contributed by atoms with Crippen LogP contribution in [0, 0.1) is 5.92 Å². The molecule has 1 aromatic heterocycles. The minimum absolute atomic E-state index is 0.0287. The number of fused-ring (bicyclic) bond motifs is 3. The summed E-state index contributed by atoms with van der Waals surface area (Å²) in [6.45, 7) is 8.58. The van der Waals surface area contributed by atoms with Gasteiger partial charge < -0.3 is 11.1 Å². The fraction of sp³-hybridized carbons (Fsp3) is 0.393. The summed E-state index contributed by atoms with van der Waals surface area (Å²) >= 11 is 0. The minimum Gasteiger partial charge on any atom is -0.324 e. The van der Waals surface area contributed by atoms with Crippen LogP contribution in [-0.2, 0) is 0 Å². The number of quaternary nitrogens is 1. The lowest BCUT2D eigenvalue weighted by Gasteiger charge is -2.43. The highest BCUT2D eigenvalue weighted by Gasteiger charge is 2.56. The van der Waals surface area contributed by atoms with Crippen molar-refractivity contribution in [3.8, 4) is 11.3 Å². The topological polar surface area (TPSA) is 78.9 Å². The van der Waals surface area contributed by atoms with Gasteiger partial charge in [0.1, 0.15) is 6.20 Å². The van der Waals surface area contributed by atoms with Crippen LogP contribution in [0.15, 0.2) is 71.1 Å². The molecule has 0 aliphatic carbocycles. The first-order valence-electron chi connectivity index (χ1n) is 12.7. The number of hydrogen-bond acceptors (Lipinski definition) is 6. The van der Waals surface area contributed by atoms with E-state index in [1.54, 1.807) is 0 Å². The van der Waals surface area contributed by atoms with Crippen molar-refractivity contribution >= 4 is 17.4 Å². The molecule has 6 rings (SSSR count). The number of pyridine rings is 1. The van der Waals surface area contributed by atoms with Crippen LogP contribution in [0.5, 0.6) is 0 Å². The van der Waals surface area contributed by atoms with Gasteiger partial charge >= 0.3 is 0 Å². The molecule has 4 atom stereocenters. The molecule has 7 heteroatoms. The van der Waals surface area contributed by atoms with Gasteiger partial charge in [-0.15, -0.1) is 9.60 Å². The van der Waals surface area contributed by atoms with E-state index in [1.807, 2.05) is 19.3 Å². The number of nitrogens with one attached hydrogen (secondary N) is 1.